The minimum atomic E-state index is -0.160. The quantitative estimate of drug-likeness (QED) is 0.496. The van der Waals surface area contributed by atoms with Crippen molar-refractivity contribution in [2.45, 2.75) is 37.6 Å². The summed E-state index contributed by atoms with van der Waals surface area (Å²) in [6.07, 6.45) is 14.4. The molecule has 3 N–H and O–H groups in total. The van der Waals surface area contributed by atoms with Gasteiger partial charge in [-0.2, -0.15) is 0 Å². The Labute approximate surface area is 209 Å². The summed E-state index contributed by atoms with van der Waals surface area (Å²) in [6, 6.07) is 2.37. The van der Waals surface area contributed by atoms with Gasteiger partial charge in [-0.15, -0.1) is 5.73 Å². The first-order valence-electron chi connectivity index (χ1n) is 12.9. The third kappa shape index (κ3) is 3.48. The van der Waals surface area contributed by atoms with E-state index in [4.69, 9.17) is 9.97 Å². The Morgan fingerprint density at radius 1 is 1.19 bits per heavy atom. The van der Waals surface area contributed by atoms with Crippen LogP contribution in [0.15, 0.2) is 36.3 Å². The molecule has 3 aromatic heterocycles. The number of rotatable bonds is 4. The maximum Gasteiger partial charge on any atom is 0.267 e. The molecule has 2 unspecified atom stereocenters. The van der Waals surface area contributed by atoms with Crippen molar-refractivity contribution in [1.29, 1.82) is 0 Å². The van der Waals surface area contributed by atoms with E-state index in [1.54, 1.807) is 7.05 Å². The molecule has 0 aromatic carbocycles. The Hall–Kier alpha value is -3.74. The van der Waals surface area contributed by atoms with Gasteiger partial charge in [0.05, 0.1) is 17.4 Å². The number of allylic oxidation sites excluding steroid dienone is 2. The molecule has 4 aliphatic rings. The largest absolute Gasteiger partial charge is 0.354 e. The van der Waals surface area contributed by atoms with Crippen molar-refractivity contribution in [2.75, 3.05) is 31.6 Å². The lowest BCUT2D eigenvalue weighted by Gasteiger charge is -2.33. The SMILES string of the molecule is CNC(=O)c1cc2c([nH]1)C=C=CC=C2c1nc(N2CCC3CNCCC32)c2c(C3CC3)cncc2n1. The van der Waals surface area contributed by atoms with E-state index in [0.29, 0.717) is 29.4 Å². The third-order valence-electron chi connectivity index (χ3n) is 8.04. The molecule has 36 heavy (non-hydrogen) atoms. The molecule has 2 atom stereocenters. The summed E-state index contributed by atoms with van der Waals surface area (Å²) < 4.78 is 0. The molecule has 2 aliphatic carbocycles. The molecule has 3 aromatic rings. The normalized spacial score (nSPS) is 22.8. The molecule has 7 rings (SSSR count). The van der Waals surface area contributed by atoms with Crippen molar-refractivity contribution < 1.29 is 4.79 Å². The number of nitrogens with zero attached hydrogens (tertiary/aromatic N) is 4. The van der Waals surface area contributed by atoms with Gasteiger partial charge in [0.15, 0.2) is 5.82 Å². The van der Waals surface area contributed by atoms with Gasteiger partial charge in [-0.1, -0.05) is 0 Å². The smallest absolute Gasteiger partial charge is 0.267 e. The van der Waals surface area contributed by atoms with E-state index in [-0.39, 0.29) is 5.91 Å². The molecule has 1 amide bonds. The molecule has 8 heteroatoms. The predicted molar refractivity (Wildman–Crippen MR) is 140 cm³/mol. The lowest BCUT2D eigenvalue weighted by molar-refractivity contribution is 0.0958. The number of nitrogens with one attached hydrogen (secondary N) is 3. The second-order valence-electron chi connectivity index (χ2n) is 10.2. The van der Waals surface area contributed by atoms with Crippen molar-refractivity contribution in [3.8, 4) is 0 Å². The fourth-order valence-corrected chi connectivity index (χ4v) is 6.08. The first kappa shape index (κ1) is 21.5. The van der Waals surface area contributed by atoms with Crippen LogP contribution in [0, 0.1) is 5.92 Å². The Bertz CT molecular complexity index is 1470. The van der Waals surface area contributed by atoms with Crippen LogP contribution in [0.2, 0.25) is 0 Å². The molecule has 2 saturated heterocycles. The van der Waals surface area contributed by atoms with Crippen LogP contribution in [0.25, 0.3) is 22.6 Å². The Morgan fingerprint density at radius 2 is 2.11 bits per heavy atom. The number of aromatic amines is 1. The average molecular weight is 480 g/mol. The molecule has 0 bridgehead atoms. The molecule has 0 spiro atoms. The predicted octanol–water partition coefficient (Wildman–Crippen LogP) is 3.39. The first-order chi connectivity index (χ1) is 17.7. The number of fused-ring (bicyclic) bond motifs is 3. The number of carbonyl (C=O) groups excluding carboxylic acids is 1. The van der Waals surface area contributed by atoms with Crippen LogP contribution in [-0.4, -0.2) is 58.6 Å². The summed E-state index contributed by atoms with van der Waals surface area (Å²) in [5, 5.41) is 7.44. The van der Waals surface area contributed by atoms with Crippen molar-refractivity contribution >= 4 is 34.3 Å². The second-order valence-corrected chi connectivity index (χ2v) is 10.2. The van der Waals surface area contributed by atoms with Gasteiger partial charge < -0.3 is 20.5 Å². The molecule has 2 aliphatic heterocycles. The van der Waals surface area contributed by atoms with Gasteiger partial charge in [0.2, 0.25) is 0 Å². The number of carbonyl (C=O) groups is 1. The zero-order chi connectivity index (χ0) is 24.2. The number of hydrogen-bond donors (Lipinski definition) is 3. The summed E-state index contributed by atoms with van der Waals surface area (Å²) in [7, 11) is 1.63. The van der Waals surface area contributed by atoms with E-state index in [9.17, 15) is 4.79 Å². The van der Waals surface area contributed by atoms with Crippen LogP contribution in [0.1, 0.15) is 64.7 Å². The van der Waals surface area contributed by atoms with Crippen LogP contribution in [0.4, 0.5) is 5.82 Å². The number of aromatic nitrogens is 4. The fourth-order valence-electron chi connectivity index (χ4n) is 6.08. The van der Waals surface area contributed by atoms with E-state index < -0.39 is 0 Å². The van der Waals surface area contributed by atoms with Crippen LogP contribution < -0.4 is 15.5 Å². The number of anilines is 1. The zero-order valence-electron chi connectivity index (χ0n) is 20.3. The Morgan fingerprint density at radius 3 is 2.97 bits per heavy atom. The van der Waals surface area contributed by atoms with Gasteiger partial charge in [0, 0.05) is 48.4 Å². The van der Waals surface area contributed by atoms with Crippen molar-refractivity contribution in [3.05, 3.63) is 64.7 Å². The zero-order valence-corrected chi connectivity index (χ0v) is 20.3. The van der Waals surface area contributed by atoms with E-state index in [1.807, 2.05) is 36.7 Å². The molecular formula is C28H29N7O. The number of piperidine rings is 1. The standard InChI is InChI=1S/C28H29N7O/c1-29-28(36)22-12-19-18(4-2-3-5-21(19)32-22)26-33-23-15-31-14-20(16-6-7-16)25(23)27(34-26)35-11-9-17-13-30-10-8-24(17)35/h2,4-5,12,14-17,24,30,32H,6-11,13H2,1H3,(H,29,36). The number of hydrogen-bond acceptors (Lipinski definition) is 6. The van der Waals surface area contributed by atoms with Crippen LogP contribution >= 0.6 is 0 Å². The van der Waals surface area contributed by atoms with Gasteiger partial charge in [-0.25, -0.2) is 9.97 Å². The van der Waals surface area contributed by atoms with Crippen molar-refractivity contribution in [3.63, 3.8) is 0 Å². The van der Waals surface area contributed by atoms with Gasteiger partial charge in [-0.05, 0) is 74.4 Å². The monoisotopic (exact) mass is 479 g/mol. The molecule has 8 nitrogen and oxygen atoms in total. The highest BCUT2D eigenvalue weighted by Crippen LogP contribution is 2.46. The van der Waals surface area contributed by atoms with Gasteiger partial charge in [-0.3, -0.25) is 9.78 Å². The maximum absolute atomic E-state index is 12.3. The van der Waals surface area contributed by atoms with E-state index in [1.165, 1.54) is 30.2 Å². The minimum Gasteiger partial charge on any atom is -0.354 e. The highest BCUT2D eigenvalue weighted by Gasteiger charge is 2.38. The Balaban J connectivity index is 1.42. The van der Waals surface area contributed by atoms with Gasteiger partial charge in [0.25, 0.3) is 5.91 Å². The lowest BCUT2D eigenvalue weighted by Crippen LogP contribution is -2.44. The fraction of sp³-hybridized carbons (Fsp3) is 0.393. The van der Waals surface area contributed by atoms with Crippen LogP contribution in [0.3, 0.4) is 0 Å². The molecule has 1 saturated carbocycles. The van der Waals surface area contributed by atoms with E-state index >= 15 is 0 Å². The number of amides is 1. The van der Waals surface area contributed by atoms with Crippen molar-refractivity contribution in [2.24, 2.45) is 5.92 Å². The van der Waals surface area contributed by atoms with E-state index in [0.717, 1.165) is 54.2 Å². The number of pyridine rings is 1. The topological polar surface area (TPSA) is 98.8 Å². The Kier molecular flexibility index (Phi) is 5.04. The van der Waals surface area contributed by atoms with Gasteiger partial charge in [0.1, 0.15) is 11.5 Å². The summed E-state index contributed by atoms with van der Waals surface area (Å²) in [4.78, 5) is 33.1. The summed E-state index contributed by atoms with van der Waals surface area (Å²) in [5.41, 5.74) is 8.45. The molecule has 3 fully saturated rings. The first-order valence-corrected chi connectivity index (χ1v) is 12.9. The summed E-state index contributed by atoms with van der Waals surface area (Å²) >= 11 is 0. The van der Waals surface area contributed by atoms with Crippen LogP contribution in [0.5, 0.6) is 0 Å². The summed E-state index contributed by atoms with van der Waals surface area (Å²) in [6.45, 7) is 3.12. The molecule has 5 heterocycles. The maximum atomic E-state index is 12.3. The molecular weight excluding hydrogens is 450 g/mol. The second kappa shape index (κ2) is 8.43. The van der Waals surface area contributed by atoms with Crippen LogP contribution in [-0.2, 0) is 0 Å². The van der Waals surface area contributed by atoms with Crippen molar-refractivity contribution in [1.82, 2.24) is 30.6 Å². The average Bonchev–Trinajstić information content (AvgIpc) is 3.60. The number of H-pyrrole nitrogens is 1. The highest BCUT2D eigenvalue weighted by molar-refractivity contribution is 5.97. The highest BCUT2D eigenvalue weighted by atomic mass is 16.1. The lowest BCUT2D eigenvalue weighted by atomic mass is 9.94. The van der Waals surface area contributed by atoms with E-state index in [2.05, 4.69) is 31.2 Å². The molecule has 182 valence electrons. The summed E-state index contributed by atoms with van der Waals surface area (Å²) in [5.74, 6) is 2.73. The third-order valence-corrected chi connectivity index (χ3v) is 8.04. The van der Waals surface area contributed by atoms with Gasteiger partial charge >= 0.3 is 0 Å². The molecule has 0 radical (unpaired) electrons. The minimum absolute atomic E-state index is 0.160.